The molecule has 1 saturated heterocycles. The summed E-state index contributed by atoms with van der Waals surface area (Å²) in [6, 6.07) is 11.8. The second-order valence-corrected chi connectivity index (χ2v) is 8.52. The molecule has 0 radical (unpaired) electrons. The minimum Gasteiger partial charge on any atom is -0.382 e. The molecule has 1 aliphatic heterocycles. The molecule has 0 bridgehead atoms. The zero-order valence-corrected chi connectivity index (χ0v) is 19.4. The van der Waals surface area contributed by atoms with Gasteiger partial charge >= 0.3 is 0 Å². The number of carbonyl (C=O) groups is 2. The molecule has 4 aromatic rings. The van der Waals surface area contributed by atoms with E-state index in [1.807, 2.05) is 4.90 Å². The normalized spacial score (nSPS) is 13.2. The third kappa shape index (κ3) is 4.28. The summed E-state index contributed by atoms with van der Waals surface area (Å²) >= 11 is 0. The lowest BCUT2D eigenvalue weighted by molar-refractivity contribution is -0.116. The van der Waals surface area contributed by atoms with Crippen LogP contribution in [0.4, 0.5) is 10.2 Å². The number of nitrogen functional groups attached to an aromatic ring is 1. The molecule has 3 N–H and O–H groups in total. The second kappa shape index (κ2) is 9.57. The Morgan fingerprint density at radius 1 is 1.14 bits per heavy atom. The van der Waals surface area contributed by atoms with Crippen LogP contribution in [0.5, 0.6) is 0 Å². The predicted molar refractivity (Wildman–Crippen MR) is 133 cm³/mol. The van der Waals surface area contributed by atoms with Gasteiger partial charge in [-0.15, -0.1) is 14.8 Å². The van der Waals surface area contributed by atoms with Crippen molar-refractivity contribution in [1.82, 2.24) is 30.0 Å². The fraction of sp³-hybridized carbons (Fsp3) is 0.192. The first-order chi connectivity index (χ1) is 17.5. The number of likely N-dealkylation sites (tertiary alicyclic amines) is 1. The van der Waals surface area contributed by atoms with Crippen molar-refractivity contribution < 1.29 is 14.0 Å². The first kappa shape index (κ1) is 23.2. The Hall–Kier alpha value is -4.60. The van der Waals surface area contributed by atoms with Crippen LogP contribution in [0.25, 0.3) is 27.9 Å². The summed E-state index contributed by atoms with van der Waals surface area (Å²) in [7, 11) is 0. The number of nitrogens with two attached hydrogens (primary N) is 1. The number of halogens is 1. The molecule has 2 amide bonds. The van der Waals surface area contributed by atoms with Gasteiger partial charge in [-0.1, -0.05) is 24.8 Å². The first-order valence-corrected chi connectivity index (χ1v) is 11.5. The van der Waals surface area contributed by atoms with Crippen LogP contribution >= 0.6 is 0 Å². The fourth-order valence-corrected chi connectivity index (χ4v) is 4.39. The molecule has 0 saturated carbocycles. The van der Waals surface area contributed by atoms with Crippen LogP contribution < -0.4 is 11.1 Å². The molecule has 2 aromatic heterocycles. The maximum absolute atomic E-state index is 15.3. The minimum absolute atomic E-state index is 0.00726. The number of amides is 2. The number of benzene rings is 2. The smallest absolute Gasteiger partial charge is 0.253 e. The molecule has 3 heterocycles. The fourth-order valence-electron chi connectivity index (χ4n) is 4.39. The van der Waals surface area contributed by atoms with Gasteiger partial charge in [0.25, 0.3) is 5.91 Å². The number of rotatable bonds is 6. The van der Waals surface area contributed by atoms with E-state index in [1.165, 1.54) is 17.0 Å². The van der Waals surface area contributed by atoms with Gasteiger partial charge in [-0.2, -0.15) is 0 Å². The molecule has 0 unspecified atom stereocenters. The number of hydrogen-bond donors (Lipinski definition) is 2. The van der Waals surface area contributed by atoms with Crippen LogP contribution in [-0.2, 0) is 11.3 Å². The molecule has 9 nitrogen and oxygen atoms in total. The monoisotopic (exact) mass is 485 g/mol. The van der Waals surface area contributed by atoms with Crippen molar-refractivity contribution >= 4 is 23.1 Å². The third-order valence-electron chi connectivity index (χ3n) is 6.22. The van der Waals surface area contributed by atoms with Gasteiger partial charge in [0.15, 0.2) is 5.82 Å². The third-order valence-corrected chi connectivity index (χ3v) is 6.22. The Bertz CT molecular complexity index is 1470. The molecular formula is C26H24FN7O2. The van der Waals surface area contributed by atoms with Gasteiger partial charge < -0.3 is 16.0 Å². The maximum Gasteiger partial charge on any atom is 0.253 e. The number of nitrogens with zero attached hydrogens (tertiary/aromatic N) is 5. The van der Waals surface area contributed by atoms with E-state index in [9.17, 15) is 9.59 Å². The van der Waals surface area contributed by atoms with E-state index in [0.717, 1.165) is 32.0 Å². The second-order valence-electron chi connectivity index (χ2n) is 8.52. The van der Waals surface area contributed by atoms with Crippen LogP contribution in [0.3, 0.4) is 0 Å². The van der Waals surface area contributed by atoms with E-state index < -0.39 is 5.82 Å². The molecule has 5 rings (SSSR count). The van der Waals surface area contributed by atoms with Crippen molar-refractivity contribution in [1.29, 1.82) is 0 Å². The van der Waals surface area contributed by atoms with Crippen molar-refractivity contribution in [3.05, 3.63) is 78.4 Å². The predicted octanol–water partition coefficient (Wildman–Crippen LogP) is 3.22. The summed E-state index contributed by atoms with van der Waals surface area (Å²) in [6.45, 7) is 5.09. The van der Waals surface area contributed by atoms with E-state index >= 15 is 4.39 Å². The van der Waals surface area contributed by atoms with Crippen molar-refractivity contribution in [2.24, 2.45) is 0 Å². The zero-order valence-electron chi connectivity index (χ0n) is 19.4. The van der Waals surface area contributed by atoms with Gasteiger partial charge in [0.2, 0.25) is 5.91 Å². The summed E-state index contributed by atoms with van der Waals surface area (Å²) in [5, 5.41) is 11.3. The molecule has 2 aromatic carbocycles. The van der Waals surface area contributed by atoms with Crippen LogP contribution in [-0.4, -0.2) is 49.6 Å². The van der Waals surface area contributed by atoms with E-state index in [4.69, 9.17) is 5.73 Å². The maximum atomic E-state index is 15.3. The van der Waals surface area contributed by atoms with Crippen LogP contribution in [0.1, 0.15) is 28.8 Å². The number of nitrogens with one attached hydrogen (secondary N) is 1. The van der Waals surface area contributed by atoms with Crippen LogP contribution in [0.15, 0.2) is 61.4 Å². The van der Waals surface area contributed by atoms with Crippen molar-refractivity contribution in [3.63, 3.8) is 0 Å². The molecule has 0 atom stereocenters. The van der Waals surface area contributed by atoms with E-state index in [-0.39, 0.29) is 29.7 Å². The van der Waals surface area contributed by atoms with Gasteiger partial charge in [0.05, 0.1) is 0 Å². The average molecular weight is 486 g/mol. The summed E-state index contributed by atoms with van der Waals surface area (Å²) < 4.78 is 16.6. The molecule has 0 aliphatic carbocycles. The zero-order chi connectivity index (χ0) is 25.2. The van der Waals surface area contributed by atoms with Crippen LogP contribution in [0.2, 0.25) is 0 Å². The Kier molecular flexibility index (Phi) is 6.16. The van der Waals surface area contributed by atoms with Gasteiger partial charge in [-0.25, -0.2) is 9.37 Å². The lowest BCUT2D eigenvalue weighted by Crippen LogP contribution is -2.27. The number of hydrogen-bond acceptors (Lipinski definition) is 6. The van der Waals surface area contributed by atoms with E-state index in [2.05, 4.69) is 27.1 Å². The highest BCUT2D eigenvalue weighted by Crippen LogP contribution is 2.38. The summed E-state index contributed by atoms with van der Waals surface area (Å²) in [5.74, 6) is -0.674. The SMILES string of the molecule is C=CC(=O)NCc1ccc(-c2nn3ncnc(N)c3c2-c2ccc(C(=O)N3CCCC3)cc2)c(F)c1. The lowest BCUT2D eigenvalue weighted by Gasteiger charge is -2.15. The molecule has 36 heavy (non-hydrogen) atoms. The van der Waals surface area contributed by atoms with E-state index in [0.29, 0.717) is 33.5 Å². The Balaban J connectivity index is 1.56. The Labute approximate surface area is 206 Å². The van der Waals surface area contributed by atoms with Gasteiger partial charge in [-0.3, -0.25) is 9.59 Å². The van der Waals surface area contributed by atoms with E-state index in [1.54, 1.807) is 36.4 Å². The lowest BCUT2D eigenvalue weighted by atomic mass is 9.97. The highest BCUT2D eigenvalue weighted by molar-refractivity contribution is 5.98. The topological polar surface area (TPSA) is 119 Å². The summed E-state index contributed by atoms with van der Waals surface area (Å²) in [6.07, 6.45) is 4.46. The number of fused-ring (bicyclic) bond motifs is 1. The molecule has 10 heteroatoms. The van der Waals surface area contributed by atoms with Crippen molar-refractivity contribution in [2.45, 2.75) is 19.4 Å². The standard InChI is InChI=1S/C26H24FN7O2/c1-2-21(35)29-14-16-5-10-19(20(27)13-16)23-22(24-25(28)30-15-31-34(24)32-23)17-6-8-18(9-7-17)26(36)33-11-3-4-12-33/h2,5-10,13,15H,1,3-4,11-12,14H2,(H,29,35)(H2,28,30,31). The van der Waals surface area contributed by atoms with Crippen molar-refractivity contribution in [3.8, 4) is 22.4 Å². The van der Waals surface area contributed by atoms with Gasteiger partial charge in [0, 0.05) is 36.3 Å². The molecule has 182 valence electrons. The van der Waals surface area contributed by atoms with Gasteiger partial charge in [-0.05, 0) is 54.3 Å². The molecular weight excluding hydrogens is 461 g/mol. The molecule has 1 fully saturated rings. The Morgan fingerprint density at radius 2 is 1.89 bits per heavy atom. The molecule has 0 spiro atoms. The quantitative estimate of drug-likeness (QED) is 0.405. The highest BCUT2D eigenvalue weighted by atomic mass is 19.1. The first-order valence-electron chi connectivity index (χ1n) is 11.5. The van der Waals surface area contributed by atoms with Crippen molar-refractivity contribution in [2.75, 3.05) is 18.8 Å². The number of aromatic nitrogens is 4. The average Bonchev–Trinajstić information content (AvgIpc) is 3.56. The summed E-state index contributed by atoms with van der Waals surface area (Å²) in [4.78, 5) is 30.2. The van der Waals surface area contributed by atoms with Gasteiger partial charge in [0.1, 0.15) is 23.4 Å². The summed E-state index contributed by atoms with van der Waals surface area (Å²) in [5.41, 5.74) is 9.61. The van der Waals surface area contributed by atoms with Crippen LogP contribution in [0, 0.1) is 5.82 Å². The Morgan fingerprint density at radius 3 is 2.58 bits per heavy atom. The highest BCUT2D eigenvalue weighted by Gasteiger charge is 2.23. The number of carbonyl (C=O) groups excluding carboxylic acids is 2. The largest absolute Gasteiger partial charge is 0.382 e. The number of anilines is 1. The minimum atomic E-state index is -0.516. The molecule has 1 aliphatic rings.